The van der Waals surface area contributed by atoms with Crippen LogP contribution >= 0.6 is 11.3 Å². The summed E-state index contributed by atoms with van der Waals surface area (Å²) in [7, 11) is 3.16. The SMILES string of the molecule is COc1ccc(C(C)=O)cc1CC(=O)N(C)Cc1nc2ccsc2c(=O)[nH]1. The summed E-state index contributed by atoms with van der Waals surface area (Å²) in [5.41, 5.74) is 1.57. The predicted octanol–water partition coefficient (Wildman–Crippen LogP) is 2.40. The zero-order valence-corrected chi connectivity index (χ0v) is 16.1. The molecule has 0 saturated carbocycles. The third-order valence-corrected chi connectivity index (χ3v) is 5.11. The molecular weight excluding hydrogens is 366 g/mol. The summed E-state index contributed by atoms with van der Waals surface area (Å²) in [6, 6.07) is 6.80. The first kappa shape index (κ1) is 18.8. The molecule has 0 unspecified atom stereocenters. The number of thiophene rings is 1. The van der Waals surface area contributed by atoms with Crippen LogP contribution in [0.25, 0.3) is 10.2 Å². The van der Waals surface area contributed by atoms with Gasteiger partial charge in [0.25, 0.3) is 5.56 Å². The number of ether oxygens (including phenoxy) is 1. The number of rotatable bonds is 6. The maximum Gasteiger partial charge on any atom is 0.268 e. The van der Waals surface area contributed by atoms with E-state index in [1.165, 1.54) is 30.3 Å². The van der Waals surface area contributed by atoms with Crippen LogP contribution < -0.4 is 10.3 Å². The molecule has 0 aliphatic heterocycles. The smallest absolute Gasteiger partial charge is 0.268 e. The highest BCUT2D eigenvalue weighted by molar-refractivity contribution is 7.17. The van der Waals surface area contributed by atoms with E-state index in [-0.39, 0.29) is 30.2 Å². The van der Waals surface area contributed by atoms with Gasteiger partial charge in [0, 0.05) is 18.2 Å². The summed E-state index contributed by atoms with van der Waals surface area (Å²) in [5, 5.41) is 1.81. The van der Waals surface area contributed by atoms with E-state index in [1.807, 2.05) is 0 Å². The zero-order chi connectivity index (χ0) is 19.6. The van der Waals surface area contributed by atoms with Gasteiger partial charge in [-0.25, -0.2) is 4.98 Å². The molecule has 27 heavy (non-hydrogen) atoms. The second-order valence-corrected chi connectivity index (χ2v) is 7.07. The Balaban J connectivity index is 1.78. The Morgan fingerprint density at radius 2 is 2.07 bits per heavy atom. The van der Waals surface area contributed by atoms with Crippen molar-refractivity contribution < 1.29 is 14.3 Å². The fraction of sp³-hybridized carbons (Fsp3) is 0.263. The number of likely N-dealkylation sites (N-methyl/N-ethyl adjacent to an activating group) is 1. The number of Topliss-reactive ketones (excluding diaryl/α,β-unsaturated/α-hetero) is 1. The maximum absolute atomic E-state index is 12.6. The van der Waals surface area contributed by atoms with E-state index in [9.17, 15) is 14.4 Å². The molecule has 140 valence electrons. The molecule has 8 heteroatoms. The molecule has 0 fully saturated rings. The number of H-pyrrole nitrogens is 1. The minimum Gasteiger partial charge on any atom is -0.496 e. The summed E-state index contributed by atoms with van der Waals surface area (Å²) in [6.07, 6.45) is 0.0751. The van der Waals surface area contributed by atoms with E-state index in [1.54, 1.807) is 36.7 Å². The number of aromatic amines is 1. The normalized spacial score (nSPS) is 10.8. The van der Waals surface area contributed by atoms with E-state index >= 15 is 0 Å². The van der Waals surface area contributed by atoms with Crippen molar-refractivity contribution in [2.75, 3.05) is 14.2 Å². The van der Waals surface area contributed by atoms with Crippen LogP contribution in [0.15, 0.2) is 34.4 Å². The minimum atomic E-state index is -0.207. The number of hydrogen-bond acceptors (Lipinski definition) is 6. The van der Waals surface area contributed by atoms with Gasteiger partial charge in [0.05, 0.1) is 25.6 Å². The lowest BCUT2D eigenvalue weighted by atomic mass is 10.0. The Morgan fingerprint density at radius 3 is 2.78 bits per heavy atom. The fourth-order valence-electron chi connectivity index (χ4n) is 2.74. The third-order valence-electron chi connectivity index (χ3n) is 4.21. The van der Waals surface area contributed by atoms with Crippen molar-refractivity contribution in [3.63, 3.8) is 0 Å². The highest BCUT2D eigenvalue weighted by Crippen LogP contribution is 2.22. The third kappa shape index (κ3) is 4.06. The van der Waals surface area contributed by atoms with Gasteiger partial charge in [0.15, 0.2) is 5.78 Å². The zero-order valence-electron chi connectivity index (χ0n) is 15.2. The Labute approximate surface area is 159 Å². The molecule has 0 aliphatic carbocycles. The molecule has 0 bridgehead atoms. The summed E-state index contributed by atoms with van der Waals surface area (Å²) in [4.78, 5) is 44.9. The topological polar surface area (TPSA) is 92.4 Å². The number of nitrogens with zero attached hydrogens (tertiary/aromatic N) is 2. The van der Waals surface area contributed by atoms with Crippen molar-refractivity contribution in [1.29, 1.82) is 0 Å². The molecule has 3 aromatic rings. The van der Waals surface area contributed by atoms with Crippen molar-refractivity contribution >= 4 is 33.2 Å². The number of ketones is 1. The number of aromatic nitrogens is 2. The number of carbonyl (C=O) groups excluding carboxylic acids is 2. The van der Waals surface area contributed by atoms with Crippen molar-refractivity contribution in [1.82, 2.24) is 14.9 Å². The maximum atomic E-state index is 12.6. The van der Waals surface area contributed by atoms with Crippen LogP contribution in [0.1, 0.15) is 28.7 Å². The quantitative estimate of drug-likeness (QED) is 0.658. The van der Waals surface area contributed by atoms with Crippen LogP contribution in [0.4, 0.5) is 0 Å². The number of nitrogens with one attached hydrogen (secondary N) is 1. The van der Waals surface area contributed by atoms with Gasteiger partial charge in [-0.3, -0.25) is 14.4 Å². The first-order valence-electron chi connectivity index (χ1n) is 8.27. The Kier molecular flexibility index (Phi) is 5.36. The minimum absolute atomic E-state index is 0.0751. The molecule has 1 N–H and O–H groups in total. The van der Waals surface area contributed by atoms with E-state index < -0.39 is 0 Å². The first-order valence-corrected chi connectivity index (χ1v) is 9.15. The lowest BCUT2D eigenvalue weighted by Gasteiger charge is -2.18. The first-order chi connectivity index (χ1) is 12.9. The highest BCUT2D eigenvalue weighted by Gasteiger charge is 2.16. The van der Waals surface area contributed by atoms with Gasteiger partial charge in [0.1, 0.15) is 16.3 Å². The molecule has 0 spiro atoms. The van der Waals surface area contributed by atoms with Crippen LogP contribution in [-0.4, -0.2) is 40.7 Å². The summed E-state index contributed by atoms with van der Waals surface area (Å²) in [6.45, 7) is 1.65. The Morgan fingerprint density at radius 1 is 1.30 bits per heavy atom. The van der Waals surface area contributed by atoms with Gasteiger partial charge in [0.2, 0.25) is 5.91 Å². The average Bonchev–Trinajstić information content (AvgIpc) is 3.10. The van der Waals surface area contributed by atoms with Crippen molar-refractivity contribution in [2.45, 2.75) is 19.9 Å². The van der Waals surface area contributed by atoms with Crippen molar-refractivity contribution in [2.24, 2.45) is 0 Å². The predicted molar refractivity (Wildman–Crippen MR) is 103 cm³/mol. The van der Waals surface area contributed by atoms with Gasteiger partial charge in [-0.1, -0.05) is 0 Å². The van der Waals surface area contributed by atoms with Crippen LogP contribution in [0.2, 0.25) is 0 Å². The largest absolute Gasteiger partial charge is 0.496 e. The van der Waals surface area contributed by atoms with Crippen molar-refractivity contribution in [3.8, 4) is 5.75 Å². The van der Waals surface area contributed by atoms with E-state index in [0.29, 0.717) is 32.9 Å². The van der Waals surface area contributed by atoms with Crippen LogP contribution in [-0.2, 0) is 17.8 Å². The molecule has 7 nitrogen and oxygen atoms in total. The molecule has 2 aromatic heterocycles. The fourth-order valence-corrected chi connectivity index (χ4v) is 3.47. The number of amides is 1. The van der Waals surface area contributed by atoms with Gasteiger partial charge in [-0.05, 0) is 36.6 Å². The molecule has 2 heterocycles. The standard InChI is InChI=1S/C19H19N3O4S/c1-11(23)12-4-5-15(26-3)13(8-12)9-17(24)22(2)10-16-20-14-6-7-27-18(14)19(25)21-16/h4-8H,9-10H2,1-3H3,(H,20,21,25). The summed E-state index contributed by atoms with van der Waals surface area (Å²) >= 11 is 1.33. The highest BCUT2D eigenvalue weighted by atomic mass is 32.1. The molecule has 0 aliphatic rings. The second kappa shape index (κ2) is 7.71. The van der Waals surface area contributed by atoms with Gasteiger partial charge < -0.3 is 14.6 Å². The van der Waals surface area contributed by atoms with Crippen molar-refractivity contribution in [3.05, 3.63) is 57.0 Å². The van der Waals surface area contributed by atoms with Gasteiger partial charge in [-0.15, -0.1) is 11.3 Å². The Hall–Kier alpha value is -3.00. The van der Waals surface area contributed by atoms with E-state index in [0.717, 1.165) is 0 Å². The van der Waals surface area contributed by atoms with Crippen LogP contribution in [0.5, 0.6) is 5.75 Å². The molecule has 1 amide bonds. The Bertz CT molecular complexity index is 1070. The second-order valence-electron chi connectivity index (χ2n) is 6.16. The van der Waals surface area contributed by atoms with E-state index in [4.69, 9.17) is 4.74 Å². The molecule has 0 saturated heterocycles. The number of hydrogen-bond donors (Lipinski definition) is 1. The molecule has 0 atom stereocenters. The number of fused-ring (bicyclic) bond motifs is 1. The molecule has 1 aromatic carbocycles. The average molecular weight is 385 g/mol. The summed E-state index contributed by atoms with van der Waals surface area (Å²) in [5.74, 6) is 0.715. The molecular formula is C19H19N3O4S. The summed E-state index contributed by atoms with van der Waals surface area (Å²) < 4.78 is 5.86. The monoisotopic (exact) mass is 385 g/mol. The lowest BCUT2D eigenvalue weighted by Crippen LogP contribution is -2.29. The number of methoxy groups -OCH3 is 1. The van der Waals surface area contributed by atoms with E-state index in [2.05, 4.69) is 9.97 Å². The number of carbonyl (C=O) groups is 2. The van der Waals surface area contributed by atoms with Crippen LogP contribution in [0.3, 0.4) is 0 Å². The molecule has 0 radical (unpaired) electrons. The number of benzene rings is 1. The van der Waals surface area contributed by atoms with Crippen LogP contribution in [0, 0.1) is 0 Å². The van der Waals surface area contributed by atoms with Gasteiger partial charge >= 0.3 is 0 Å². The lowest BCUT2D eigenvalue weighted by molar-refractivity contribution is -0.129. The molecule has 3 rings (SSSR count). The van der Waals surface area contributed by atoms with Gasteiger partial charge in [-0.2, -0.15) is 0 Å².